The number of aliphatic hydroxyl groups excluding tert-OH is 2. The third kappa shape index (κ3) is 3.65. The lowest BCUT2D eigenvalue weighted by Crippen LogP contribution is -2.31. The Labute approximate surface area is 81.0 Å². The van der Waals surface area contributed by atoms with Crippen LogP contribution < -0.4 is 0 Å². The van der Waals surface area contributed by atoms with Gasteiger partial charge in [-0.15, -0.1) is 0 Å². The summed E-state index contributed by atoms with van der Waals surface area (Å²) in [4.78, 5) is 0. The van der Waals surface area contributed by atoms with Crippen molar-refractivity contribution in [1.29, 1.82) is 0 Å². The van der Waals surface area contributed by atoms with Gasteiger partial charge in [0.05, 0.1) is 12.2 Å². The van der Waals surface area contributed by atoms with Crippen LogP contribution in [0.2, 0.25) is 0 Å². The van der Waals surface area contributed by atoms with Gasteiger partial charge in [-0.3, -0.25) is 0 Å². The summed E-state index contributed by atoms with van der Waals surface area (Å²) in [5.74, 6) is 0.357. The molecule has 2 N–H and O–H groups in total. The molecule has 1 saturated carbocycles. The predicted molar refractivity (Wildman–Crippen MR) is 53.5 cm³/mol. The van der Waals surface area contributed by atoms with Gasteiger partial charge in [-0.1, -0.05) is 26.2 Å². The zero-order valence-corrected chi connectivity index (χ0v) is 8.58. The van der Waals surface area contributed by atoms with Crippen molar-refractivity contribution in [3.05, 3.63) is 0 Å². The standard InChI is InChI=1S/C11H22O2/c1-2-3-4-5-9-8-10(12)6-7-11(9)13/h9-13H,2-8H2,1H3. The van der Waals surface area contributed by atoms with E-state index in [0.717, 1.165) is 25.7 Å². The van der Waals surface area contributed by atoms with Crippen LogP contribution in [0, 0.1) is 5.92 Å². The zero-order valence-electron chi connectivity index (χ0n) is 8.58. The summed E-state index contributed by atoms with van der Waals surface area (Å²) in [6, 6.07) is 0. The van der Waals surface area contributed by atoms with Crippen LogP contribution in [0.3, 0.4) is 0 Å². The maximum absolute atomic E-state index is 9.67. The molecule has 1 fully saturated rings. The molecule has 1 aliphatic carbocycles. The lowest BCUT2D eigenvalue weighted by molar-refractivity contribution is 0.00299. The van der Waals surface area contributed by atoms with Crippen LogP contribution in [0.15, 0.2) is 0 Å². The van der Waals surface area contributed by atoms with E-state index in [4.69, 9.17) is 0 Å². The van der Waals surface area contributed by atoms with Gasteiger partial charge >= 0.3 is 0 Å². The first-order valence-electron chi connectivity index (χ1n) is 5.60. The van der Waals surface area contributed by atoms with Crippen molar-refractivity contribution < 1.29 is 10.2 Å². The van der Waals surface area contributed by atoms with Gasteiger partial charge in [-0.05, 0) is 31.6 Å². The molecule has 2 heteroatoms. The Morgan fingerprint density at radius 3 is 2.62 bits per heavy atom. The van der Waals surface area contributed by atoms with Gasteiger partial charge in [0.25, 0.3) is 0 Å². The second-order valence-electron chi connectivity index (χ2n) is 4.29. The number of unbranched alkanes of at least 4 members (excludes halogenated alkanes) is 2. The van der Waals surface area contributed by atoms with E-state index in [2.05, 4.69) is 6.92 Å². The van der Waals surface area contributed by atoms with Gasteiger partial charge in [0.2, 0.25) is 0 Å². The van der Waals surface area contributed by atoms with Gasteiger partial charge < -0.3 is 10.2 Å². The molecule has 3 unspecified atom stereocenters. The summed E-state index contributed by atoms with van der Waals surface area (Å²) in [5, 5.41) is 19.1. The van der Waals surface area contributed by atoms with Crippen LogP contribution in [0.5, 0.6) is 0 Å². The molecule has 0 aromatic carbocycles. The third-order valence-corrected chi connectivity index (χ3v) is 3.09. The van der Waals surface area contributed by atoms with Crippen molar-refractivity contribution in [2.24, 2.45) is 5.92 Å². The highest BCUT2D eigenvalue weighted by atomic mass is 16.3. The van der Waals surface area contributed by atoms with E-state index in [1.54, 1.807) is 0 Å². The van der Waals surface area contributed by atoms with Crippen LogP contribution in [-0.4, -0.2) is 22.4 Å². The van der Waals surface area contributed by atoms with Crippen LogP contribution in [0.1, 0.15) is 51.9 Å². The third-order valence-electron chi connectivity index (χ3n) is 3.09. The minimum Gasteiger partial charge on any atom is -0.393 e. The Morgan fingerprint density at radius 2 is 1.92 bits per heavy atom. The molecule has 0 aromatic heterocycles. The quantitative estimate of drug-likeness (QED) is 0.660. The molecule has 0 saturated heterocycles. The summed E-state index contributed by atoms with van der Waals surface area (Å²) < 4.78 is 0. The first-order valence-corrected chi connectivity index (χ1v) is 5.60. The van der Waals surface area contributed by atoms with E-state index in [1.165, 1.54) is 19.3 Å². The first-order chi connectivity index (χ1) is 6.24. The van der Waals surface area contributed by atoms with Gasteiger partial charge in [-0.2, -0.15) is 0 Å². The molecular formula is C11H22O2. The number of hydrogen-bond donors (Lipinski definition) is 2. The van der Waals surface area contributed by atoms with E-state index in [9.17, 15) is 10.2 Å². The number of rotatable bonds is 4. The molecule has 0 heterocycles. The monoisotopic (exact) mass is 186 g/mol. The Bertz CT molecular complexity index is 136. The Hall–Kier alpha value is -0.0800. The molecule has 0 aromatic rings. The topological polar surface area (TPSA) is 40.5 Å². The molecule has 0 amide bonds. The normalized spacial score (nSPS) is 34.8. The zero-order chi connectivity index (χ0) is 9.68. The molecule has 1 rings (SSSR count). The lowest BCUT2D eigenvalue weighted by atomic mass is 9.82. The lowest BCUT2D eigenvalue weighted by Gasteiger charge is -2.30. The van der Waals surface area contributed by atoms with Gasteiger partial charge in [0, 0.05) is 0 Å². The Balaban J connectivity index is 2.21. The largest absolute Gasteiger partial charge is 0.393 e. The number of hydrogen-bond acceptors (Lipinski definition) is 2. The highest BCUT2D eigenvalue weighted by molar-refractivity contribution is 4.79. The molecule has 13 heavy (non-hydrogen) atoms. The fourth-order valence-electron chi connectivity index (χ4n) is 2.19. The molecule has 78 valence electrons. The van der Waals surface area contributed by atoms with Gasteiger partial charge in [0.15, 0.2) is 0 Å². The van der Waals surface area contributed by atoms with E-state index in [1.807, 2.05) is 0 Å². The summed E-state index contributed by atoms with van der Waals surface area (Å²) in [6.07, 6.45) is 6.84. The average Bonchev–Trinajstić information content (AvgIpc) is 2.11. The second kappa shape index (κ2) is 5.61. The van der Waals surface area contributed by atoms with Gasteiger partial charge in [0.1, 0.15) is 0 Å². The van der Waals surface area contributed by atoms with E-state index in [-0.39, 0.29) is 12.2 Å². The highest BCUT2D eigenvalue weighted by Gasteiger charge is 2.27. The van der Waals surface area contributed by atoms with Crippen LogP contribution >= 0.6 is 0 Å². The predicted octanol–water partition coefficient (Wildman–Crippen LogP) is 2.09. The summed E-state index contributed by atoms with van der Waals surface area (Å²) >= 11 is 0. The molecule has 0 spiro atoms. The second-order valence-corrected chi connectivity index (χ2v) is 4.29. The SMILES string of the molecule is CCCCCC1CC(O)CCC1O. The van der Waals surface area contributed by atoms with Crippen LogP contribution in [0.25, 0.3) is 0 Å². The van der Waals surface area contributed by atoms with Crippen molar-refractivity contribution >= 4 is 0 Å². The van der Waals surface area contributed by atoms with E-state index < -0.39 is 0 Å². The average molecular weight is 186 g/mol. The van der Waals surface area contributed by atoms with Gasteiger partial charge in [-0.25, -0.2) is 0 Å². The minimum absolute atomic E-state index is 0.153. The van der Waals surface area contributed by atoms with E-state index >= 15 is 0 Å². The molecular weight excluding hydrogens is 164 g/mol. The van der Waals surface area contributed by atoms with Crippen LogP contribution in [-0.2, 0) is 0 Å². The van der Waals surface area contributed by atoms with Crippen molar-refractivity contribution in [3.8, 4) is 0 Å². The highest BCUT2D eigenvalue weighted by Crippen LogP contribution is 2.28. The maximum atomic E-state index is 9.67. The maximum Gasteiger partial charge on any atom is 0.0570 e. The fraction of sp³-hybridized carbons (Fsp3) is 1.00. The summed E-state index contributed by atoms with van der Waals surface area (Å²) in [7, 11) is 0. The van der Waals surface area contributed by atoms with Crippen molar-refractivity contribution in [3.63, 3.8) is 0 Å². The Kier molecular flexibility index (Phi) is 4.74. The summed E-state index contributed by atoms with van der Waals surface area (Å²) in [5.41, 5.74) is 0. The molecule has 3 atom stereocenters. The Morgan fingerprint density at radius 1 is 1.15 bits per heavy atom. The van der Waals surface area contributed by atoms with Crippen molar-refractivity contribution in [1.82, 2.24) is 0 Å². The molecule has 0 aliphatic heterocycles. The van der Waals surface area contributed by atoms with E-state index in [0.29, 0.717) is 5.92 Å². The number of aliphatic hydroxyl groups is 2. The summed E-state index contributed by atoms with van der Waals surface area (Å²) in [6.45, 7) is 2.19. The molecule has 0 bridgehead atoms. The smallest absolute Gasteiger partial charge is 0.0570 e. The molecule has 1 aliphatic rings. The van der Waals surface area contributed by atoms with Crippen molar-refractivity contribution in [2.75, 3.05) is 0 Å². The van der Waals surface area contributed by atoms with Crippen LogP contribution in [0.4, 0.5) is 0 Å². The first kappa shape index (κ1) is 11.0. The minimum atomic E-state index is -0.157. The fourth-order valence-corrected chi connectivity index (χ4v) is 2.19. The molecule has 2 nitrogen and oxygen atoms in total. The van der Waals surface area contributed by atoms with Crippen molar-refractivity contribution in [2.45, 2.75) is 64.1 Å². The molecule has 0 radical (unpaired) electrons.